The molecular weight excluding hydrogens is 360 g/mol. The molecule has 7 heteroatoms. The Hall–Kier alpha value is -1.92. The fourth-order valence-corrected chi connectivity index (χ4v) is 3.10. The molecule has 0 radical (unpaired) electrons. The third kappa shape index (κ3) is 5.28. The largest absolute Gasteiger partial charge is 0.448 e. The Balaban J connectivity index is 2.07. The van der Waals surface area contributed by atoms with Gasteiger partial charge in [-0.3, -0.25) is 4.79 Å². The smallest absolute Gasteiger partial charge is 0.351 e. The highest BCUT2D eigenvalue weighted by molar-refractivity contribution is 7.17. The number of hydrogen-bond acceptors (Lipinski definition) is 5. The molecule has 1 heterocycles. The lowest BCUT2D eigenvalue weighted by atomic mass is 10.2. The number of amides is 1. The third-order valence-corrected chi connectivity index (χ3v) is 4.85. The number of carbonyl (C=O) groups excluding carboxylic acids is 2. The summed E-state index contributed by atoms with van der Waals surface area (Å²) in [5.41, 5.74) is 1.45. The number of thiazole rings is 1. The van der Waals surface area contributed by atoms with Crippen molar-refractivity contribution in [3.63, 3.8) is 0 Å². The van der Waals surface area contributed by atoms with Gasteiger partial charge < -0.3 is 10.1 Å². The van der Waals surface area contributed by atoms with Crippen LogP contribution in [0.5, 0.6) is 0 Å². The predicted molar refractivity (Wildman–Crippen MR) is 100 cm³/mol. The first-order valence-corrected chi connectivity index (χ1v) is 9.19. The number of nitrogens with one attached hydrogen (secondary N) is 1. The Labute approximate surface area is 156 Å². The zero-order valence-electron chi connectivity index (χ0n) is 14.6. The summed E-state index contributed by atoms with van der Waals surface area (Å²) in [6.45, 7) is 7.84. The van der Waals surface area contributed by atoms with E-state index in [1.807, 2.05) is 26.0 Å². The molecule has 0 fully saturated rings. The van der Waals surface area contributed by atoms with E-state index in [0.717, 1.165) is 5.56 Å². The van der Waals surface area contributed by atoms with Crippen molar-refractivity contribution in [1.82, 2.24) is 10.3 Å². The van der Waals surface area contributed by atoms with Crippen LogP contribution in [0.15, 0.2) is 24.3 Å². The van der Waals surface area contributed by atoms with Crippen molar-refractivity contribution in [2.24, 2.45) is 5.92 Å². The molecule has 5 nitrogen and oxygen atoms in total. The number of esters is 1. The van der Waals surface area contributed by atoms with Gasteiger partial charge >= 0.3 is 5.97 Å². The van der Waals surface area contributed by atoms with E-state index in [9.17, 15) is 9.59 Å². The molecule has 0 saturated carbocycles. The summed E-state index contributed by atoms with van der Waals surface area (Å²) in [5.74, 6) is -0.512. The minimum absolute atomic E-state index is 0.304. The normalized spacial score (nSPS) is 12.1. The minimum Gasteiger partial charge on any atom is -0.448 e. The maximum atomic E-state index is 12.4. The Bertz CT molecular complexity index is 756. The number of rotatable bonds is 6. The van der Waals surface area contributed by atoms with Crippen LogP contribution in [0.2, 0.25) is 5.02 Å². The number of carbonyl (C=O) groups is 2. The van der Waals surface area contributed by atoms with Crippen LogP contribution in [0.3, 0.4) is 0 Å². The van der Waals surface area contributed by atoms with E-state index in [2.05, 4.69) is 10.3 Å². The summed E-state index contributed by atoms with van der Waals surface area (Å²) in [6.07, 6.45) is -0.855. The molecule has 0 spiro atoms. The topological polar surface area (TPSA) is 68.3 Å². The molecule has 1 atom stereocenters. The molecule has 0 saturated heterocycles. The average Bonchev–Trinajstić information content (AvgIpc) is 2.95. The van der Waals surface area contributed by atoms with E-state index in [4.69, 9.17) is 16.3 Å². The second kappa shape index (κ2) is 8.45. The van der Waals surface area contributed by atoms with Crippen molar-refractivity contribution in [3.05, 3.63) is 39.9 Å². The summed E-state index contributed by atoms with van der Waals surface area (Å²) >= 11 is 7.13. The van der Waals surface area contributed by atoms with Crippen molar-refractivity contribution in [1.29, 1.82) is 0 Å². The maximum Gasteiger partial charge on any atom is 0.351 e. The molecule has 134 valence electrons. The van der Waals surface area contributed by atoms with Crippen LogP contribution in [0.4, 0.5) is 0 Å². The Morgan fingerprint density at radius 1 is 1.24 bits per heavy atom. The Morgan fingerprint density at radius 3 is 2.48 bits per heavy atom. The number of aryl methyl sites for hydroxylation is 1. The molecule has 1 aromatic heterocycles. The Morgan fingerprint density at radius 2 is 1.88 bits per heavy atom. The van der Waals surface area contributed by atoms with E-state index in [1.54, 1.807) is 26.0 Å². The summed E-state index contributed by atoms with van der Waals surface area (Å²) in [5, 5.41) is 4.09. The molecule has 25 heavy (non-hydrogen) atoms. The zero-order valence-corrected chi connectivity index (χ0v) is 16.2. The Kier molecular flexibility index (Phi) is 6.56. The number of nitrogens with zero attached hydrogens (tertiary/aromatic N) is 1. The molecule has 2 aromatic rings. The molecule has 1 N–H and O–H groups in total. The van der Waals surface area contributed by atoms with Gasteiger partial charge in [0.05, 0.1) is 5.69 Å². The molecule has 0 bridgehead atoms. The summed E-state index contributed by atoms with van der Waals surface area (Å²) in [4.78, 5) is 29.1. The molecule has 0 aliphatic carbocycles. The summed E-state index contributed by atoms with van der Waals surface area (Å²) < 4.78 is 5.28. The molecule has 2 rings (SSSR count). The first-order valence-electron chi connectivity index (χ1n) is 8.00. The first-order chi connectivity index (χ1) is 11.8. The van der Waals surface area contributed by atoms with Crippen molar-refractivity contribution in [2.45, 2.75) is 33.8 Å². The van der Waals surface area contributed by atoms with E-state index in [1.165, 1.54) is 11.3 Å². The summed E-state index contributed by atoms with van der Waals surface area (Å²) in [7, 11) is 0. The molecule has 1 amide bonds. The van der Waals surface area contributed by atoms with Gasteiger partial charge in [0.25, 0.3) is 5.91 Å². The van der Waals surface area contributed by atoms with Crippen LogP contribution in [-0.2, 0) is 9.53 Å². The van der Waals surface area contributed by atoms with Gasteiger partial charge in [-0.05, 0) is 31.9 Å². The standard InChI is InChI=1S/C18H21ClN2O3S/c1-10(2)9-20-16(22)12(4)24-18(23)15-11(3)21-17(25-15)13-5-7-14(19)8-6-13/h5-8,10,12H,9H2,1-4H3,(H,20,22). The lowest BCUT2D eigenvalue weighted by Gasteiger charge is -2.14. The number of benzene rings is 1. The minimum atomic E-state index is -0.855. The number of hydrogen-bond donors (Lipinski definition) is 1. The van der Waals surface area contributed by atoms with Crippen molar-refractivity contribution < 1.29 is 14.3 Å². The van der Waals surface area contributed by atoms with Crippen LogP contribution in [0.25, 0.3) is 10.6 Å². The highest BCUT2D eigenvalue weighted by atomic mass is 35.5. The number of halogens is 1. The van der Waals surface area contributed by atoms with Gasteiger partial charge in [0, 0.05) is 17.1 Å². The fraction of sp³-hybridized carbons (Fsp3) is 0.389. The van der Waals surface area contributed by atoms with Crippen LogP contribution in [0, 0.1) is 12.8 Å². The second-order valence-electron chi connectivity index (χ2n) is 6.13. The molecule has 0 aliphatic heterocycles. The fourth-order valence-electron chi connectivity index (χ4n) is 2.02. The second-order valence-corrected chi connectivity index (χ2v) is 7.56. The van der Waals surface area contributed by atoms with E-state index >= 15 is 0 Å². The van der Waals surface area contributed by atoms with Gasteiger partial charge in [-0.1, -0.05) is 37.6 Å². The number of aromatic nitrogens is 1. The van der Waals surface area contributed by atoms with E-state index < -0.39 is 12.1 Å². The van der Waals surface area contributed by atoms with Crippen molar-refractivity contribution >= 4 is 34.8 Å². The van der Waals surface area contributed by atoms with Crippen LogP contribution in [-0.4, -0.2) is 29.5 Å². The van der Waals surface area contributed by atoms with Gasteiger partial charge in [0.1, 0.15) is 9.88 Å². The van der Waals surface area contributed by atoms with Gasteiger partial charge in [0.15, 0.2) is 6.10 Å². The molecule has 0 aliphatic rings. The predicted octanol–water partition coefficient (Wildman–Crippen LogP) is 4.09. The highest BCUT2D eigenvalue weighted by Gasteiger charge is 2.23. The lowest BCUT2D eigenvalue weighted by Crippen LogP contribution is -2.37. The molecular formula is C18H21ClN2O3S. The van der Waals surface area contributed by atoms with Crippen molar-refractivity contribution in [2.75, 3.05) is 6.54 Å². The summed E-state index contributed by atoms with van der Waals surface area (Å²) in [6, 6.07) is 7.23. The van der Waals surface area contributed by atoms with E-state index in [-0.39, 0.29) is 5.91 Å². The van der Waals surface area contributed by atoms with Gasteiger partial charge in [-0.25, -0.2) is 9.78 Å². The third-order valence-electron chi connectivity index (χ3n) is 3.41. The van der Waals surface area contributed by atoms with Gasteiger partial charge in [-0.15, -0.1) is 11.3 Å². The monoisotopic (exact) mass is 380 g/mol. The SMILES string of the molecule is Cc1nc(-c2ccc(Cl)cc2)sc1C(=O)OC(C)C(=O)NCC(C)C. The lowest BCUT2D eigenvalue weighted by molar-refractivity contribution is -0.129. The highest BCUT2D eigenvalue weighted by Crippen LogP contribution is 2.29. The average molecular weight is 381 g/mol. The molecule has 1 unspecified atom stereocenters. The quantitative estimate of drug-likeness (QED) is 0.766. The number of ether oxygens (including phenoxy) is 1. The van der Waals surface area contributed by atoms with Gasteiger partial charge in [0.2, 0.25) is 0 Å². The van der Waals surface area contributed by atoms with Crippen molar-refractivity contribution in [3.8, 4) is 10.6 Å². The van der Waals surface area contributed by atoms with Gasteiger partial charge in [-0.2, -0.15) is 0 Å². The van der Waals surface area contributed by atoms with E-state index in [0.29, 0.717) is 33.1 Å². The maximum absolute atomic E-state index is 12.4. The first kappa shape index (κ1) is 19.4. The van der Waals surface area contributed by atoms with Crippen LogP contribution >= 0.6 is 22.9 Å². The zero-order chi connectivity index (χ0) is 18.6. The molecule has 1 aromatic carbocycles. The van der Waals surface area contributed by atoms with Crippen LogP contribution < -0.4 is 5.32 Å². The van der Waals surface area contributed by atoms with Crippen LogP contribution in [0.1, 0.15) is 36.1 Å².